The number of hydrogen-bond acceptors (Lipinski definition) is 14. The second-order valence-corrected chi connectivity index (χ2v) is 16.8. The standard InChI is InChI=1S/C50H57N3O12/c1-26-17-16-18-27(2)49(61)52-40-35(25-51-53(33-19-12-10-13-20-33)34-21-14-11-15-22-34)44(58)37-38(45(40)59)43(57)31(6)47-39(37)48(60)50(8,65-47)63-24-23-36(62-9)28(3)46(64-32(7)54)30(5)42(56)29(4)41(26)55/h10-26,28-30,36,41-42,46,55-59H,1-9H3,(H,52,61)/b17-16+,24-23+,27-18-,51-25+/t26-,28+,29+,30+,36-,41-,42+,46+,50-/m0/s1. The number of amides is 1. The zero-order valence-electron chi connectivity index (χ0n) is 37.8. The Morgan fingerprint density at radius 1 is 0.846 bits per heavy atom. The van der Waals surface area contributed by atoms with Crippen LogP contribution in [0.15, 0.2) is 102 Å². The minimum atomic E-state index is -2.09. The van der Waals surface area contributed by atoms with Crippen molar-refractivity contribution in [3.8, 4) is 23.0 Å². The number of rotatable bonds is 6. The number of carbonyl (C=O) groups is 3. The number of hydrogen-bond donors (Lipinski definition) is 6. The lowest BCUT2D eigenvalue weighted by atomic mass is 9.78. The highest BCUT2D eigenvalue weighted by molar-refractivity contribution is 6.24. The molecule has 1 amide bonds. The molecule has 3 aliphatic rings. The molecule has 0 aliphatic carbocycles. The maximum Gasteiger partial charge on any atom is 0.312 e. The number of para-hydroxylation sites is 2. The van der Waals surface area contributed by atoms with Crippen molar-refractivity contribution in [1.82, 2.24) is 0 Å². The lowest BCUT2D eigenvalue weighted by Crippen LogP contribution is -2.46. The summed E-state index contributed by atoms with van der Waals surface area (Å²) in [5, 5.41) is 67.6. The van der Waals surface area contributed by atoms with Crippen LogP contribution in [0.1, 0.15) is 70.0 Å². The molecule has 0 saturated carbocycles. The number of ether oxygens (including phenoxy) is 4. The average Bonchev–Trinajstić information content (AvgIpc) is 3.56. The van der Waals surface area contributed by atoms with Crippen molar-refractivity contribution in [1.29, 1.82) is 0 Å². The fraction of sp³-hybridized carbons (Fsp3) is 0.360. The molecule has 0 unspecified atom stereocenters. The van der Waals surface area contributed by atoms with Crippen LogP contribution in [0.3, 0.4) is 0 Å². The molecular formula is C50H57N3O12. The largest absolute Gasteiger partial charge is 0.507 e. The number of aliphatic hydroxyl groups excluding tert-OH is 2. The number of phenols is 3. The van der Waals surface area contributed by atoms with Crippen LogP contribution >= 0.6 is 0 Å². The van der Waals surface area contributed by atoms with Gasteiger partial charge in [0.25, 0.3) is 11.7 Å². The number of carbonyl (C=O) groups excluding carboxylic acids is 3. The number of Topliss-reactive ketones (excluding diaryl/α,β-unsaturated/α-hetero) is 1. The molecule has 0 saturated heterocycles. The van der Waals surface area contributed by atoms with E-state index in [0.717, 1.165) is 0 Å². The molecule has 0 radical (unpaired) electrons. The number of anilines is 3. The molecule has 3 heterocycles. The van der Waals surface area contributed by atoms with E-state index in [1.165, 1.54) is 59.4 Å². The SMILES string of the molecule is CO[C@H]1/C=C/O[C@@]2(C)Oc3c(C)c(O)c4c(O)c(c(/C=N/N(c5ccccc5)c5ccccc5)c(O)c4c3C2=O)NC(=O)/C(C)=C\C=C\[C@H](C)[C@H](O)[C@@H](C)[C@@H](O)[C@@H](C)[C@H](OC(C)=O)[C@@H]1C. The molecule has 4 aromatic rings. The smallest absolute Gasteiger partial charge is 0.312 e. The third kappa shape index (κ3) is 9.44. The molecule has 7 rings (SSSR count). The summed E-state index contributed by atoms with van der Waals surface area (Å²) >= 11 is 0. The van der Waals surface area contributed by atoms with E-state index in [0.29, 0.717) is 11.4 Å². The van der Waals surface area contributed by atoms with Crippen molar-refractivity contribution >= 4 is 51.7 Å². The molecule has 9 atom stereocenters. The number of nitrogens with one attached hydrogen (secondary N) is 1. The zero-order chi connectivity index (χ0) is 47.5. The number of ketones is 1. The summed E-state index contributed by atoms with van der Waals surface area (Å²) in [6.45, 7) is 12.5. The molecule has 4 aromatic carbocycles. The number of allylic oxidation sites excluding steroid dienone is 2. The van der Waals surface area contributed by atoms with Gasteiger partial charge < -0.3 is 49.8 Å². The monoisotopic (exact) mass is 891 g/mol. The van der Waals surface area contributed by atoms with E-state index in [-0.39, 0.29) is 44.5 Å². The molecule has 344 valence electrons. The van der Waals surface area contributed by atoms with E-state index in [2.05, 4.69) is 5.32 Å². The Kier molecular flexibility index (Phi) is 14.4. The van der Waals surface area contributed by atoms with Crippen LogP contribution in [0.25, 0.3) is 10.8 Å². The molecule has 15 heteroatoms. The molecular weight excluding hydrogens is 835 g/mol. The predicted molar refractivity (Wildman–Crippen MR) is 246 cm³/mol. The highest BCUT2D eigenvalue weighted by Crippen LogP contribution is 2.55. The maximum absolute atomic E-state index is 14.6. The van der Waals surface area contributed by atoms with Gasteiger partial charge >= 0.3 is 11.8 Å². The van der Waals surface area contributed by atoms with Gasteiger partial charge in [0.05, 0.1) is 64.4 Å². The van der Waals surface area contributed by atoms with Crippen LogP contribution in [0.4, 0.5) is 17.1 Å². The molecule has 0 fully saturated rings. The number of hydrazone groups is 1. The molecule has 3 aliphatic heterocycles. The summed E-state index contributed by atoms with van der Waals surface area (Å²) in [5.41, 5.74) is 0.665. The van der Waals surface area contributed by atoms with Crippen molar-refractivity contribution in [3.05, 3.63) is 113 Å². The summed E-state index contributed by atoms with van der Waals surface area (Å²) in [5.74, 6) is -8.72. The van der Waals surface area contributed by atoms with Crippen LogP contribution in [-0.4, -0.2) is 86.7 Å². The van der Waals surface area contributed by atoms with Crippen molar-refractivity contribution in [3.63, 3.8) is 0 Å². The van der Waals surface area contributed by atoms with Gasteiger partial charge in [0.2, 0.25) is 0 Å². The molecule has 0 aromatic heterocycles. The van der Waals surface area contributed by atoms with Crippen LogP contribution in [0.5, 0.6) is 23.0 Å². The zero-order valence-corrected chi connectivity index (χ0v) is 37.8. The molecule has 15 nitrogen and oxygen atoms in total. The molecule has 65 heavy (non-hydrogen) atoms. The Bertz CT molecular complexity index is 2520. The van der Waals surface area contributed by atoms with Crippen molar-refractivity contribution in [2.75, 3.05) is 17.4 Å². The van der Waals surface area contributed by atoms with Gasteiger partial charge in [0.15, 0.2) is 5.75 Å². The summed E-state index contributed by atoms with van der Waals surface area (Å²) in [4.78, 5) is 41.0. The van der Waals surface area contributed by atoms with Gasteiger partial charge in [0, 0.05) is 61.2 Å². The van der Waals surface area contributed by atoms with Crippen molar-refractivity contribution in [2.45, 2.75) is 85.6 Å². The second kappa shape index (κ2) is 19.6. The first kappa shape index (κ1) is 47.8. The van der Waals surface area contributed by atoms with E-state index in [9.17, 15) is 39.9 Å². The number of esters is 1. The first-order valence-electron chi connectivity index (χ1n) is 21.3. The average molecular weight is 892 g/mol. The fourth-order valence-electron chi connectivity index (χ4n) is 8.41. The van der Waals surface area contributed by atoms with Gasteiger partial charge in [0.1, 0.15) is 23.4 Å². The number of aromatic hydroxyl groups is 3. The summed E-state index contributed by atoms with van der Waals surface area (Å²) in [6.07, 6.45) is 4.68. The van der Waals surface area contributed by atoms with Crippen LogP contribution in [0.2, 0.25) is 0 Å². The first-order chi connectivity index (χ1) is 30.8. The number of phenolic OH excluding ortho intramolecular Hbond substituents is 3. The number of aliphatic hydroxyl groups is 2. The number of fused-ring (bicyclic) bond motifs is 14. The van der Waals surface area contributed by atoms with Crippen molar-refractivity contribution in [2.24, 2.45) is 28.8 Å². The third-order valence-electron chi connectivity index (χ3n) is 12.3. The van der Waals surface area contributed by atoms with Gasteiger partial charge in [-0.1, -0.05) is 82.3 Å². The number of benzene rings is 4. The fourth-order valence-corrected chi connectivity index (χ4v) is 8.41. The van der Waals surface area contributed by atoms with Gasteiger partial charge in [-0.2, -0.15) is 5.10 Å². The van der Waals surface area contributed by atoms with E-state index >= 15 is 0 Å². The Labute approximate surface area is 377 Å². The van der Waals surface area contributed by atoms with Crippen molar-refractivity contribution < 1.29 is 58.9 Å². The molecule has 6 N–H and O–H groups in total. The molecule has 0 spiro atoms. The lowest BCUT2D eigenvalue weighted by molar-refractivity contribution is -0.160. The molecule has 5 bridgehead atoms. The van der Waals surface area contributed by atoms with E-state index in [1.54, 1.807) is 44.9 Å². The lowest BCUT2D eigenvalue weighted by Gasteiger charge is -2.38. The van der Waals surface area contributed by atoms with E-state index < -0.39 is 88.8 Å². The second-order valence-electron chi connectivity index (χ2n) is 16.8. The number of nitrogens with zero attached hydrogens (tertiary/aromatic N) is 2. The quantitative estimate of drug-likeness (QED) is 0.0357. The minimum absolute atomic E-state index is 0.0299. The highest BCUT2D eigenvalue weighted by Gasteiger charge is 2.50. The Balaban J connectivity index is 1.57. The summed E-state index contributed by atoms with van der Waals surface area (Å²) in [7, 11) is 1.43. The number of methoxy groups -OCH3 is 1. The first-order valence-corrected chi connectivity index (χ1v) is 21.3. The summed E-state index contributed by atoms with van der Waals surface area (Å²) in [6, 6.07) is 18.2. The predicted octanol–water partition coefficient (Wildman–Crippen LogP) is 7.93. The maximum atomic E-state index is 14.6. The topological polar surface area (TPSA) is 217 Å². The minimum Gasteiger partial charge on any atom is -0.507 e. The van der Waals surface area contributed by atoms with E-state index in [4.69, 9.17) is 24.0 Å². The Hall–Kier alpha value is -6.68. The highest BCUT2D eigenvalue weighted by atomic mass is 16.7. The normalized spacial score (nSPS) is 28.3. The van der Waals surface area contributed by atoms with Gasteiger partial charge in [-0.15, -0.1) is 0 Å². The van der Waals surface area contributed by atoms with Crippen LogP contribution < -0.4 is 15.1 Å². The third-order valence-corrected chi connectivity index (χ3v) is 12.3. The van der Waals surface area contributed by atoms with Gasteiger partial charge in [-0.3, -0.25) is 14.4 Å². The summed E-state index contributed by atoms with van der Waals surface area (Å²) < 4.78 is 23.7. The van der Waals surface area contributed by atoms with Gasteiger partial charge in [-0.25, -0.2) is 5.01 Å². The van der Waals surface area contributed by atoms with Crippen LogP contribution in [0, 0.1) is 30.6 Å². The van der Waals surface area contributed by atoms with E-state index in [1.807, 2.05) is 60.7 Å². The Morgan fingerprint density at radius 3 is 2.05 bits per heavy atom. The van der Waals surface area contributed by atoms with Gasteiger partial charge in [-0.05, 0) is 44.2 Å². The van der Waals surface area contributed by atoms with Crippen LogP contribution in [-0.2, 0) is 23.8 Å². The Morgan fingerprint density at radius 2 is 1.46 bits per heavy atom.